The summed E-state index contributed by atoms with van der Waals surface area (Å²) >= 11 is 0. The van der Waals surface area contributed by atoms with Gasteiger partial charge >= 0.3 is 0 Å². The van der Waals surface area contributed by atoms with Crippen LogP contribution in [-0.4, -0.2) is 41.2 Å². The molecule has 1 aliphatic carbocycles. The number of aromatic nitrogens is 2. The Labute approximate surface area is 125 Å². The van der Waals surface area contributed by atoms with Gasteiger partial charge in [0.1, 0.15) is 0 Å². The van der Waals surface area contributed by atoms with Crippen LogP contribution in [0, 0.1) is 0 Å². The van der Waals surface area contributed by atoms with E-state index in [4.69, 9.17) is 4.52 Å². The molecule has 0 saturated heterocycles. The maximum Gasteiger partial charge on any atom is 0.240 e. The molecule has 0 unspecified atom stereocenters. The summed E-state index contributed by atoms with van der Waals surface area (Å²) < 4.78 is 5.27. The molecule has 1 saturated carbocycles. The minimum Gasteiger partial charge on any atom is -0.338 e. The van der Waals surface area contributed by atoms with Gasteiger partial charge in [0.2, 0.25) is 5.89 Å². The first-order chi connectivity index (χ1) is 10.3. The molecule has 1 heterocycles. The van der Waals surface area contributed by atoms with E-state index in [1.165, 1.54) is 18.4 Å². The summed E-state index contributed by atoms with van der Waals surface area (Å²) in [5.41, 5.74) is 1.20. The minimum atomic E-state index is 0.639. The largest absolute Gasteiger partial charge is 0.338 e. The van der Waals surface area contributed by atoms with E-state index in [-0.39, 0.29) is 0 Å². The summed E-state index contributed by atoms with van der Waals surface area (Å²) in [6, 6.07) is 11.0. The fraction of sp³-hybridized carbons (Fsp3) is 0.500. The molecular weight excluding hydrogens is 264 g/mol. The monoisotopic (exact) mass is 286 g/mol. The SMILES string of the molecule is CN(CCNCc1nc(Cc2ccccc2)no1)C1CC1. The maximum atomic E-state index is 5.27. The number of hydrogen-bond donors (Lipinski definition) is 1. The molecule has 0 aliphatic heterocycles. The van der Waals surface area contributed by atoms with Crippen molar-refractivity contribution in [3.63, 3.8) is 0 Å². The van der Waals surface area contributed by atoms with Crippen molar-refractivity contribution in [2.45, 2.75) is 31.8 Å². The number of rotatable bonds is 8. The van der Waals surface area contributed by atoms with Crippen molar-refractivity contribution in [2.75, 3.05) is 20.1 Å². The lowest BCUT2D eigenvalue weighted by Gasteiger charge is -2.14. The van der Waals surface area contributed by atoms with E-state index < -0.39 is 0 Å². The van der Waals surface area contributed by atoms with Crippen LogP contribution in [0.1, 0.15) is 30.1 Å². The minimum absolute atomic E-state index is 0.639. The van der Waals surface area contributed by atoms with Gasteiger partial charge in [0.25, 0.3) is 0 Å². The van der Waals surface area contributed by atoms with Crippen molar-refractivity contribution in [3.8, 4) is 0 Å². The first-order valence-electron chi connectivity index (χ1n) is 7.57. The van der Waals surface area contributed by atoms with Crippen molar-refractivity contribution < 1.29 is 4.52 Å². The molecule has 2 aromatic rings. The van der Waals surface area contributed by atoms with Crippen molar-refractivity contribution in [1.82, 2.24) is 20.4 Å². The van der Waals surface area contributed by atoms with Crippen LogP contribution < -0.4 is 5.32 Å². The van der Waals surface area contributed by atoms with Gasteiger partial charge in [-0.15, -0.1) is 0 Å². The Bertz CT molecular complexity index is 550. The highest BCUT2D eigenvalue weighted by Crippen LogP contribution is 2.24. The van der Waals surface area contributed by atoms with E-state index in [2.05, 4.69) is 39.5 Å². The Morgan fingerprint density at radius 3 is 2.86 bits per heavy atom. The Kier molecular flexibility index (Phi) is 4.62. The molecule has 5 heteroatoms. The molecule has 1 fully saturated rings. The van der Waals surface area contributed by atoms with E-state index >= 15 is 0 Å². The fourth-order valence-electron chi connectivity index (χ4n) is 2.36. The highest BCUT2D eigenvalue weighted by atomic mass is 16.5. The Morgan fingerprint density at radius 2 is 2.10 bits per heavy atom. The van der Waals surface area contributed by atoms with Crippen LogP contribution in [0.25, 0.3) is 0 Å². The van der Waals surface area contributed by atoms with Gasteiger partial charge in [-0.25, -0.2) is 0 Å². The number of likely N-dealkylation sites (N-methyl/N-ethyl adjacent to an activating group) is 1. The third-order valence-electron chi connectivity index (χ3n) is 3.80. The van der Waals surface area contributed by atoms with Crippen LogP contribution >= 0.6 is 0 Å². The molecule has 0 amide bonds. The average molecular weight is 286 g/mol. The van der Waals surface area contributed by atoms with Crippen LogP contribution in [0.4, 0.5) is 0 Å². The Morgan fingerprint density at radius 1 is 1.29 bits per heavy atom. The van der Waals surface area contributed by atoms with E-state index in [9.17, 15) is 0 Å². The normalized spacial score (nSPS) is 14.8. The molecule has 1 aliphatic rings. The average Bonchev–Trinajstić information content (AvgIpc) is 3.27. The number of benzene rings is 1. The second kappa shape index (κ2) is 6.83. The van der Waals surface area contributed by atoms with Gasteiger partial charge in [0, 0.05) is 25.6 Å². The zero-order chi connectivity index (χ0) is 14.5. The van der Waals surface area contributed by atoms with E-state index in [0.717, 1.165) is 31.4 Å². The summed E-state index contributed by atoms with van der Waals surface area (Å²) in [5.74, 6) is 1.41. The van der Waals surface area contributed by atoms with Crippen LogP contribution in [-0.2, 0) is 13.0 Å². The molecule has 0 bridgehead atoms. The summed E-state index contributed by atoms with van der Waals surface area (Å²) in [4.78, 5) is 6.82. The zero-order valence-electron chi connectivity index (χ0n) is 12.5. The molecule has 0 spiro atoms. The predicted molar refractivity (Wildman–Crippen MR) is 80.9 cm³/mol. The van der Waals surface area contributed by atoms with Gasteiger partial charge in [-0.3, -0.25) is 0 Å². The van der Waals surface area contributed by atoms with Gasteiger partial charge in [0.05, 0.1) is 6.54 Å². The highest BCUT2D eigenvalue weighted by molar-refractivity contribution is 5.18. The number of hydrogen-bond acceptors (Lipinski definition) is 5. The molecule has 1 aromatic heterocycles. The molecule has 21 heavy (non-hydrogen) atoms. The quantitative estimate of drug-likeness (QED) is 0.751. The van der Waals surface area contributed by atoms with E-state index in [0.29, 0.717) is 12.4 Å². The van der Waals surface area contributed by atoms with Crippen molar-refractivity contribution >= 4 is 0 Å². The van der Waals surface area contributed by atoms with E-state index in [1.54, 1.807) is 0 Å². The fourth-order valence-corrected chi connectivity index (χ4v) is 2.36. The third kappa shape index (κ3) is 4.37. The summed E-state index contributed by atoms with van der Waals surface area (Å²) in [6.07, 6.45) is 3.42. The predicted octanol–water partition coefficient (Wildman–Crippen LogP) is 1.84. The van der Waals surface area contributed by atoms with Crippen LogP contribution in [0.2, 0.25) is 0 Å². The molecule has 0 radical (unpaired) electrons. The van der Waals surface area contributed by atoms with Gasteiger partial charge in [-0.05, 0) is 25.5 Å². The number of nitrogens with zero attached hydrogens (tertiary/aromatic N) is 3. The lowest BCUT2D eigenvalue weighted by Crippen LogP contribution is -2.30. The number of nitrogens with one attached hydrogen (secondary N) is 1. The molecule has 3 rings (SSSR count). The summed E-state index contributed by atoms with van der Waals surface area (Å²) in [6.45, 7) is 2.65. The molecule has 1 aromatic carbocycles. The van der Waals surface area contributed by atoms with Gasteiger partial charge in [0.15, 0.2) is 5.82 Å². The smallest absolute Gasteiger partial charge is 0.240 e. The Hall–Kier alpha value is -1.72. The summed E-state index contributed by atoms with van der Waals surface area (Å²) in [5, 5.41) is 7.38. The molecule has 0 atom stereocenters. The Balaban J connectivity index is 1.40. The van der Waals surface area contributed by atoms with Crippen molar-refractivity contribution in [1.29, 1.82) is 0 Å². The molecule has 5 nitrogen and oxygen atoms in total. The second-order valence-corrected chi connectivity index (χ2v) is 5.66. The lowest BCUT2D eigenvalue weighted by atomic mass is 10.1. The molecular formula is C16H22N4O. The molecule has 112 valence electrons. The topological polar surface area (TPSA) is 54.2 Å². The summed E-state index contributed by atoms with van der Waals surface area (Å²) in [7, 11) is 2.18. The van der Waals surface area contributed by atoms with Crippen LogP contribution in [0.15, 0.2) is 34.9 Å². The first-order valence-corrected chi connectivity index (χ1v) is 7.57. The second-order valence-electron chi connectivity index (χ2n) is 5.66. The standard InChI is InChI=1S/C16H22N4O/c1-20(14-7-8-14)10-9-17-12-16-18-15(19-21-16)11-13-5-3-2-4-6-13/h2-6,14,17H,7-12H2,1H3. The van der Waals surface area contributed by atoms with Gasteiger partial charge < -0.3 is 14.7 Å². The zero-order valence-corrected chi connectivity index (χ0v) is 12.5. The first kappa shape index (κ1) is 14.2. The lowest BCUT2D eigenvalue weighted by molar-refractivity contribution is 0.313. The third-order valence-corrected chi connectivity index (χ3v) is 3.80. The van der Waals surface area contributed by atoms with Crippen molar-refractivity contribution in [3.05, 3.63) is 47.6 Å². The van der Waals surface area contributed by atoms with Crippen LogP contribution in [0.5, 0.6) is 0 Å². The van der Waals surface area contributed by atoms with Crippen molar-refractivity contribution in [2.24, 2.45) is 0 Å². The van der Waals surface area contributed by atoms with Gasteiger partial charge in [-0.2, -0.15) is 4.98 Å². The maximum absolute atomic E-state index is 5.27. The van der Waals surface area contributed by atoms with Gasteiger partial charge in [-0.1, -0.05) is 35.5 Å². The highest BCUT2D eigenvalue weighted by Gasteiger charge is 2.25. The van der Waals surface area contributed by atoms with E-state index in [1.807, 2.05) is 18.2 Å². The van der Waals surface area contributed by atoms with Crippen LogP contribution in [0.3, 0.4) is 0 Å². The molecule has 1 N–H and O–H groups in total.